The molecule has 0 atom stereocenters. The lowest BCUT2D eigenvalue weighted by Gasteiger charge is -2.28. The number of benzene rings is 1. The Morgan fingerprint density at radius 1 is 0.969 bits per heavy atom. The van der Waals surface area contributed by atoms with Crippen molar-refractivity contribution in [1.82, 2.24) is 19.9 Å². The summed E-state index contributed by atoms with van der Waals surface area (Å²) in [5.74, 6) is 0.770. The number of fused-ring (bicyclic) bond motifs is 1. The summed E-state index contributed by atoms with van der Waals surface area (Å²) in [6.45, 7) is 2.26. The number of pyridine rings is 1. The fourth-order valence-electron chi connectivity index (χ4n) is 3.92. The first-order chi connectivity index (χ1) is 15.5. The fourth-order valence-corrected chi connectivity index (χ4v) is 4.59. The zero-order valence-corrected chi connectivity index (χ0v) is 17.8. The van der Waals surface area contributed by atoms with E-state index < -0.39 is 11.7 Å². The minimum Gasteiger partial charge on any atom is -0.294 e. The van der Waals surface area contributed by atoms with Crippen molar-refractivity contribution in [2.75, 3.05) is 6.54 Å². The number of thiophene rings is 1. The van der Waals surface area contributed by atoms with Crippen LogP contribution in [-0.2, 0) is 25.7 Å². The summed E-state index contributed by atoms with van der Waals surface area (Å²) in [5, 5.41) is 2.01. The van der Waals surface area contributed by atoms with Crippen molar-refractivity contribution in [3.8, 4) is 22.0 Å². The molecule has 0 radical (unpaired) electrons. The zero-order valence-electron chi connectivity index (χ0n) is 17.0. The van der Waals surface area contributed by atoms with Crippen LogP contribution in [0.2, 0.25) is 0 Å². The van der Waals surface area contributed by atoms with Gasteiger partial charge in [-0.25, -0.2) is 9.97 Å². The standard InChI is InChI=1S/C24H19F3N4S/c25-24(26,27)19-5-2-1-4-18(19)21-8-7-16(12-28-21)14-31-10-9-20-17(15-31)13-29-23(30-20)22-6-3-11-32-22/h1-8,11-13H,9-10,14-15H2. The van der Waals surface area contributed by atoms with Crippen LogP contribution in [0.25, 0.3) is 22.0 Å². The van der Waals surface area contributed by atoms with Crippen LogP contribution in [0.1, 0.15) is 22.4 Å². The van der Waals surface area contributed by atoms with Gasteiger partial charge in [0.05, 0.1) is 21.8 Å². The van der Waals surface area contributed by atoms with Gasteiger partial charge in [-0.3, -0.25) is 9.88 Å². The highest BCUT2D eigenvalue weighted by molar-refractivity contribution is 7.13. The van der Waals surface area contributed by atoms with Crippen LogP contribution in [0, 0.1) is 0 Å². The number of aromatic nitrogens is 3. The SMILES string of the molecule is FC(F)(F)c1ccccc1-c1ccc(CN2CCc3nc(-c4cccs4)ncc3C2)cn1. The normalized spacial score (nSPS) is 14.3. The zero-order chi connectivity index (χ0) is 22.1. The molecule has 32 heavy (non-hydrogen) atoms. The molecule has 4 aromatic rings. The molecule has 4 heterocycles. The Morgan fingerprint density at radius 2 is 1.84 bits per heavy atom. The van der Waals surface area contributed by atoms with Crippen LogP contribution in [0.3, 0.4) is 0 Å². The van der Waals surface area contributed by atoms with E-state index >= 15 is 0 Å². The Hall–Kier alpha value is -3.10. The molecule has 162 valence electrons. The van der Waals surface area contributed by atoms with E-state index in [9.17, 15) is 13.2 Å². The number of nitrogens with zero attached hydrogens (tertiary/aromatic N) is 4. The third kappa shape index (κ3) is 4.28. The van der Waals surface area contributed by atoms with Gasteiger partial charge in [-0.2, -0.15) is 13.2 Å². The van der Waals surface area contributed by atoms with E-state index in [-0.39, 0.29) is 5.56 Å². The minimum atomic E-state index is -4.41. The Morgan fingerprint density at radius 3 is 2.59 bits per heavy atom. The lowest BCUT2D eigenvalue weighted by Crippen LogP contribution is -2.31. The minimum absolute atomic E-state index is 0.0946. The van der Waals surface area contributed by atoms with Gasteiger partial charge in [0.25, 0.3) is 0 Å². The van der Waals surface area contributed by atoms with Crippen molar-refractivity contribution in [3.05, 3.63) is 88.7 Å². The molecule has 1 aromatic carbocycles. The van der Waals surface area contributed by atoms with Crippen molar-refractivity contribution in [2.24, 2.45) is 0 Å². The van der Waals surface area contributed by atoms with Gasteiger partial charge in [-0.15, -0.1) is 11.3 Å². The van der Waals surface area contributed by atoms with Gasteiger partial charge in [0.2, 0.25) is 0 Å². The Balaban J connectivity index is 1.29. The van der Waals surface area contributed by atoms with Crippen molar-refractivity contribution in [3.63, 3.8) is 0 Å². The number of alkyl halides is 3. The van der Waals surface area contributed by atoms with Gasteiger partial charge in [0.1, 0.15) is 0 Å². The molecule has 0 aliphatic carbocycles. The second-order valence-corrected chi connectivity index (χ2v) is 8.65. The third-order valence-electron chi connectivity index (χ3n) is 5.49. The molecule has 4 nitrogen and oxygen atoms in total. The molecule has 0 saturated carbocycles. The average Bonchev–Trinajstić information content (AvgIpc) is 3.34. The van der Waals surface area contributed by atoms with Gasteiger partial charge in [-0.05, 0) is 29.1 Å². The van der Waals surface area contributed by atoms with E-state index in [2.05, 4.69) is 14.9 Å². The summed E-state index contributed by atoms with van der Waals surface area (Å²) >= 11 is 1.63. The van der Waals surface area contributed by atoms with Gasteiger partial charge in [0.15, 0.2) is 5.82 Å². The van der Waals surface area contributed by atoms with Crippen molar-refractivity contribution in [2.45, 2.75) is 25.7 Å². The monoisotopic (exact) mass is 452 g/mol. The first-order valence-electron chi connectivity index (χ1n) is 10.2. The molecule has 0 spiro atoms. The number of rotatable bonds is 4. The summed E-state index contributed by atoms with van der Waals surface area (Å²) in [4.78, 5) is 16.9. The highest BCUT2D eigenvalue weighted by atomic mass is 32.1. The second kappa shape index (κ2) is 8.44. The van der Waals surface area contributed by atoms with Crippen LogP contribution in [0.5, 0.6) is 0 Å². The number of halogens is 3. The summed E-state index contributed by atoms with van der Waals surface area (Å²) < 4.78 is 39.9. The summed E-state index contributed by atoms with van der Waals surface area (Å²) in [6, 6.07) is 13.0. The smallest absolute Gasteiger partial charge is 0.294 e. The quantitative estimate of drug-likeness (QED) is 0.390. The molecule has 0 bridgehead atoms. The van der Waals surface area contributed by atoms with E-state index in [4.69, 9.17) is 4.98 Å². The molecule has 0 unspecified atom stereocenters. The van der Waals surface area contributed by atoms with E-state index in [0.717, 1.165) is 53.1 Å². The lowest BCUT2D eigenvalue weighted by atomic mass is 10.0. The Bertz CT molecular complexity index is 1220. The summed E-state index contributed by atoms with van der Waals surface area (Å²) in [6.07, 6.45) is -0.0162. The maximum Gasteiger partial charge on any atom is 0.417 e. The van der Waals surface area contributed by atoms with Crippen LogP contribution in [-0.4, -0.2) is 26.4 Å². The van der Waals surface area contributed by atoms with Crippen LogP contribution < -0.4 is 0 Å². The Labute approximate surface area is 187 Å². The number of hydrogen-bond donors (Lipinski definition) is 0. The topological polar surface area (TPSA) is 41.9 Å². The third-order valence-corrected chi connectivity index (χ3v) is 6.36. The lowest BCUT2D eigenvalue weighted by molar-refractivity contribution is -0.137. The van der Waals surface area contributed by atoms with Gasteiger partial charge >= 0.3 is 6.18 Å². The maximum absolute atomic E-state index is 13.3. The van der Waals surface area contributed by atoms with Crippen LogP contribution >= 0.6 is 11.3 Å². The molecular weight excluding hydrogens is 433 g/mol. The summed E-state index contributed by atoms with van der Waals surface area (Å²) in [5.41, 5.74) is 2.89. The van der Waals surface area contributed by atoms with Crippen LogP contribution in [0.4, 0.5) is 13.2 Å². The van der Waals surface area contributed by atoms with E-state index in [1.165, 1.54) is 12.1 Å². The Kier molecular flexibility index (Phi) is 5.48. The van der Waals surface area contributed by atoms with Crippen molar-refractivity contribution < 1.29 is 13.2 Å². The van der Waals surface area contributed by atoms with Gasteiger partial charge < -0.3 is 0 Å². The molecule has 0 amide bonds. The molecule has 0 N–H and O–H groups in total. The largest absolute Gasteiger partial charge is 0.417 e. The predicted octanol–water partition coefficient (Wildman–Crippen LogP) is 5.84. The van der Waals surface area contributed by atoms with E-state index in [0.29, 0.717) is 12.2 Å². The number of hydrogen-bond acceptors (Lipinski definition) is 5. The first kappa shape index (κ1) is 20.8. The maximum atomic E-state index is 13.3. The molecular formula is C24H19F3N4S. The molecule has 8 heteroatoms. The molecule has 0 fully saturated rings. The predicted molar refractivity (Wildman–Crippen MR) is 118 cm³/mol. The highest BCUT2D eigenvalue weighted by Crippen LogP contribution is 2.36. The average molecular weight is 453 g/mol. The second-order valence-electron chi connectivity index (χ2n) is 7.70. The van der Waals surface area contributed by atoms with Gasteiger partial charge in [-0.1, -0.05) is 30.3 Å². The fraction of sp³-hybridized carbons (Fsp3) is 0.208. The van der Waals surface area contributed by atoms with Crippen molar-refractivity contribution in [1.29, 1.82) is 0 Å². The molecule has 1 aliphatic heterocycles. The van der Waals surface area contributed by atoms with E-state index in [1.54, 1.807) is 29.7 Å². The van der Waals surface area contributed by atoms with Crippen LogP contribution in [0.15, 0.2) is 66.3 Å². The molecule has 0 saturated heterocycles. The summed E-state index contributed by atoms with van der Waals surface area (Å²) in [7, 11) is 0. The first-order valence-corrected chi connectivity index (χ1v) is 11.1. The van der Waals surface area contributed by atoms with Gasteiger partial charge in [0, 0.05) is 49.6 Å². The molecule has 3 aromatic heterocycles. The van der Waals surface area contributed by atoms with E-state index in [1.807, 2.05) is 29.8 Å². The highest BCUT2D eigenvalue weighted by Gasteiger charge is 2.33. The van der Waals surface area contributed by atoms with Crippen molar-refractivity contribution >= 4 is 11.3 Å². The molecule has 1 aliphatic rings. The molecule has 5 rings (SSSR count).